The summed E-state index contributed by atoms with van der Waals surface area (Å²) >= 11 is 0. The maximum Gasteiger partial charge on any atom is 0.233 e. The number of nitrogens with one attached hydrogen (secondary N) is 1. The van der Waals surface area contributed by atoms with Crippen molar-refractivity contribution in [1.82, 2.24) is 20.4 Å². The van der Waals surface area contributed by atoms with Crippen LogP contribution in [-0.4, -0.2) is 41.4 Å². The lowest BCUT2D eigenvalue weighted by Gasteiger charge is -2.11. The average Bonchev–Trinajstić information content (AvgIpc) is 3.07. The molecular formula is C13H16N4O2. The van der Waals surface area contributed by atoms with E-state index in [1.54, 1.807) is 6.20 Å². The highest BCUT2D eigenvalue weighted by Crippen LogP contribution is 2.24. The number of aromatic nitrogens is 3. The molecule has 3 heterocycles. The summed E-state index contributed by atoms with van der Waals surface area (Å²) in [4.78, 5) is 8.53. The largest absolute Gasteiger partial charge is 0.379 e. The van der Waals surface area contributed by atoms with Gasteiger partial charge in [0.1, 0.15) is 0 Å². The van der Waals surface area contributed by atoms with E-state index in [2.05, 4.69) is 20.4 Å². The molecule has 3 rings (SSSR count). The topological polar surface area (TPSA) is 73.1 Å². The second-order valence-electron chi connectivity index (χ2n) is 4.63. The number of hydrogen-bond donors (Lipinski definition) is 1. The molecule has 6 nitrogen and oxygen atoms in total. The molecule has 0 saturated carbocycles. The molecule has 0 spiro atoms. The molecule has 0 aromatic carbocycles. The number of likely N-dealkylation sites (N-methyl/N-ethyl adjacent to an activating group) is 1. The van der Waals surface area contributed by atoms with Crippen molar-refractivity contribution >= 4 is 0 Å². The van der Waals surface area contributed by atoms with Crippen LogP contribution >= 0.6 is 0 Å². The molecule has 6 heteroatoms. The quantitative estimate of drug-likeness (QED) is 0.874. The van der Waals surface area contributed by atoms with Crippen LogP contribution in [0.2, 0.25) is 0 Å². The maximum atomic E-state index is 5.44. The zero-order valence-corrected chi connectivity index (χ0v) is 10.7. The number of rotatable bonds is 4. The number of hydrogen-bond acceptors (Lipinski definition) is 6. The summed E-state index contributed by atoms with van der Waals surface area (Å²) in [5.74, 6) is 1.47. The van der Waals surface area contributed by atoms with Crippen molar-refractivity contribution in [3.63, 3.8) is 0 Å². The third kappa shape index (κ3) is 2.64. The lowest BCUT2D eigenvalue weighted by Crippen LogP contribution is -2.31. The molecule has 0 radical (unpaired) electrons. The first kappa shape index (κ1) is 12.3. The predicted octanol–water partition coefficient (Wildman–Crippen LogP) is 0.757. The van der Waals surface area contributed by atoms with E-state index < -0.39 is 0 Å². The van der Waals surface area contributed by atoms with E-state index in [0.29, 0.717) is 31.3 Å². The van der Waals surface area contributed by atoms with E-state index in [0.717, 1.165) is 5.56 Å². The number of ether oxygens (including phenoxy) is 1. The molecule has 1 saturated heterocycles. The van der Waals surface area contributed by atoms with Gasteiger partial charge in [-0.05, 0) is 18.7 Å². The molecule has 0 bridgehead atoms. The minimum Gasteiger partial charge on any atom is -0.379 e. The van der Waals surface area contributed by atoms with Gasteiger partial charge in [-0.15, -0.1) is 0 Å². The van der Waals surface area contributed by atoms with Crippen LogP contribution in [0.25, 0.3) is 0 Å². The van der Waals surface area contributed by atoms with Crippen LogP contribution in [0.5, 0.6) is 0 Å². The maximum absolute atomic E-state index is 5.44. The second kappa shape index (κ2) is 5.46. The molecule has 100 valence electrons. The van der Waals surface area contributed by atoms with Crippen molar-refractivity contribution in [3.8, 4) is 0 Å². The fraction of sp³-hybridized carbons (Fsp3) is 0.462. The van der Waals surface area contributed by atoms with Crippen LogP contribution in [0.1, 0.15) is 23.2 Å². The number of nitrogens with zero attached hydrogens (tertiary/aromatic N) is 3. The Kier molecular flexibility index (Phi) is 3.52. The minimum atomic E-state index is 0.139. The van der Waals surface area contributed by atoms with Crippen LogP contribution in [-0.2, 0) is 11.2 Å². The fourth-order valence-electron chi connectivity index (χ4n) is 2.26. The van der Waals surface area contributed by atoms with Crippen molar-refractivity contribution in [1.29, 1.82) is 0 Å². The Balaban J connectivity index is 1.73. The van der Waals surface area contributed by atoms with E-state index >= 15 is 0 Å². The Bertz CT molecular complexity index is 528. The van der Waals surface area contributed by atoms with Gasteiger partial charge in [-0.2, -0.15) is 4.98 Å². The van der Waals surface area contributed by atoms with Crippen LogP contribution in [0.3, 0.4) is 0 Å². The molecule has 1 aliphatic heterocycles. The van der Waals surface area contributed by atoms with Gasteiger partial charge in [0.2, 0.25) is 5.89 Å². The predicted molar refractivity (Wildman–Crippen MR) is 67.7 cm³/mol. The summed E-state index contributed by atoms with van der Waals surface area (Å²) in [6.07, 6.45) is 4.19. The Morgan fingerprint density at radius 1 is 1.42 bits per heavy atom. The molecule has 1 fully saturated rings. The molecular weight excluding hydrogens is 244 g/mol. The monoisotopic (exact) mass is 260 g/mol. The standard InChI is InChI=1S/C13H16N4O2/c1-14-11-8-18-7-10(11)13-16-12(17-19-13)5-9-3-2-4-15-6-9/h2-4,6,10-11,14H,5,7-8H2,1H3. The molecule has 1 N–H and O–H groups in total. The summed E-state index contributed by atoms with van der Waals surface area (Å²) in [5, 5.41) is 7.24. The van der Waals surface area contributed by atoms with Gasteiger partial charge in [-0.1, -0.05) is 11.2 Å². The molecule has 0 aliphatic carbocycles. The molecule has 0 amide bonds. The van der Waals surface area contributed by atoms with E-state index in [-0.39, 0.29) is 12.0 Å². The molecule has 19 heavy (non-hydrogen) atoms. The van der Waals surface area contributed by atoms with Gasteiger partial charge in [-0.25, -0.2) is 0 Å². The summed E-state index contributed by atoms with van der Waals surface area (Å²) in [5.41, 5.74) is 1.07. The molecule has 2 aromatic rings. The van der Waals surface area contributed by atoms with Gasteiger partial charge in [0.25, 0.3) is 0 Å². The van der Waals surface area contributed by atoms with Crippen molar-refractivity contribution in [3.05, 3.63) is 41.8 Å². The average molecular weight is 260 g/mol. The van der Waals surface area contributed by atoms with Crippen LogP contribution in [0, 0.1) is 0 Å². The summed E-state index contributed by atoms with van der Waals surface area (Å²) in [6.45, 7) is 1.31. The zero-order chi connectivity index (χ0) is 13.1. The van der Waals surface area contributed by atoms with Crippen LogP contribution in [0.15, 0.2) is 29.0 Å². The van der Waals surface area contributed by atoms with E-state index in [9.17, 15) is 0 Å². The highest BCUT2D eigenvalue weighted by atomic mass is 16.5. The minimum absolute atomic E-state index is 0.139. The summed E-state index contributed by atoms with van der Waals surface area (Å²) in [6, 6.07) is 4.14. The Morgan fingerprint density at radius 2 is 2.37 bits per heavy atom. The van der Waals surface area contributed by atoms with Gasteiger partial charge >= 0.3 is 0 Å². The first-order valence-corrected chi connectivity index (χ1v) is 6.33. The van der Waals surface area contributed by atoms with Crippen molar-refractivity contribution < 1.29 is 9.26 Å². The van der Waals surface area contributed by atoms with E-state index in [1.165, 1.54) is 0 Å². The lowest BCUT2D eigenvalue weighted by atomic mass is 10.0. The first-order valence-electron chi connectivity index (χ1n) is 6.33. The fourth-order valence-corrected chi connectivity index (χ4v) is 2.26. The molecule has 2 unspecified atom stereocenters. The lowest BCUT2D eigenvalue weighted by molar-refractivity contribution is 0.185. The van der Waals surface area contributed by atoms with E-state index in [1.807, 2.05) is 25.4 Å². The summed E-state index contributed by atoms with van der Waals surface area (Å²) < 4.78 is 10.8. The van der Waals surface area contributed by atoms with Crippen molar-refractivity contribution in [2.45, 2.75) is 18.4 Å². The highest BCUT2D eigenvalue weighted by Gasteiger charge is 2.32. The van der Waals surface area contributed by atoms with Crippen LogP contribution in [0.4, 0.5) is 0 Å². The normalized spacial score (nSPS) is 22.8. The van der Waals surface area contributed by atoms with Gasteiger partial charge in [0.05, 0.1) is 19.1 Å². The third-order valence-electron chi connectivity index (χ3n) is 3.34. The van der Waals surface area contributed by atoms with E-state index in [4.69, 9.17) is 9.26 Å². The van der Waals surface area contributed by atoms with Crippen molar-refractivity contribution in [2.75, 3.05) is 20.3 Å². The molecule has 1 aliphatic rings. The van der Waals surface area contributed by atoms with Gasteiger partial charge in [0.15, 0.2) is 5.82 Å². The zero-order valence-electron chi connectivity index (χ0n) is 10.7. The van der Waals surface area contributed by atoms with Gasteiger partial charge < -0.3 is 14.6 Å². The second-order valence-corrected chi connectivity index (χ2v) is 4.63. The van der Waals surface area contributed by atoms with Gasteiger partial charge in [0, 0.05) is 24.9 Å². The van der Waals surface area contributed by atoms with Crippen LogP contribution < -0.4 is 5.32 Å². The Morgan fingerprint density at radius 3 is 3.16 bits per heavy atom. The molecule has 2 aromatic heterocycles. The Hall–Kier alpha value is -1.79. The number of pyridine rings is 1. The Labute approximate surface area is 111 Å². The third-order valence-corrected chi connectivity index (χ3v) is 3.34. The highest BCUT2D eigenvalue weighted by molar-refractivity contribution is 5.14. The van der Waals surface area contributed by atoms with Crippen molar-refractivity contribution in [2.24, 2.45) is 0 Å². The molecule has 2 atom stereocenters. The first-order chi connectivity index (χ1) is 9.36. The smallest absolute Gasteiger partial charge is 0.233 e. The SMILES string of the molecule is CNC1COCC1c1nc(Cc2cccnc2)no1. The van der Waals surface area contributed by atoms with Gasteiger partial charge in [-0.3, -0.25) is 4.98 Å². The summed E-state index contributed by atoms with van der Waals surface area (Å²) in [7, 11) is 1.92.